The largest absolute Gasteiger partial charge is 0.341 e. The van der Waals surface area contributed by atoms with E-state index < -0.39 is 12.5 Å². The molecule has 0 heterocycles. The van der Waals surface area contributed by atoms with Gasteiger partial charge in [0.25, 0.3) is 5.69 Å². The summed E-state index contributed by atoms with van der Waals surface area (Å²) < 4.78 is 16.4. The van der Waals surface area contributed by atoms with Crippen molar-refractivity contribution in [1.29, 1.82) is 0 Å². The van der Waals surface area contributed by atoms with Crippen molar-refractivity contribution in [1.82, 2.24) is 5.32 Å². The van der Waals surface area contributed by atoms with Gasteiger partial charge < -0.3 is 14.7 Å². The Morgan fingerprint density at radius 2 is 2.05 bits per heavy atom. The van der Waals surface area contributed by atoms with Gasteiger partial charge in [-0.25, -0.2) is 0 Å². The molecular formula is C11H17N2O5P. The molecule has 0 saturated heterocycles. The first-order valence-corrected chi connectivity index (χ1v) is 7.61. The lowest BCUT2D eigenvalue weighted by Crippen LogP contribution is -2.15. The summed E-state index contributed by atoms with van der Waals surface area (Å²) in [6.07, 6.45) is 0.346. The molecule has 0 aliphatic heterocycles. The fourth-order valence-electron chi connectivity index (χ4n) is 1.39. The van der Waals surface area contributed by atoms with Crippen molar-refractivity contribution < 1.29 is 18.9 Å². The monoisotopic (exact) mass is 288 g/mol. The predicted octanol–water partition coefficient (Wildman–Crippen LogP) is 1.91. The van der Waals surface area contributed by atoms with Gasteiger partial charge in [0.1, 0.15) is 0 Å². The zero-order valence-electron chi connectivity index (χ0n) is 10.6. The molecule has 1 atom stereocenters. The minimum absolute atomic E-state index is 0.0182. The number of non-ortho nitro benzene ring substituents is 1. The maximum absolute atomic E-state index is 11.5. The van der Waals surface area contributed by atoms with Crippen molar-refractivity contribution in [3.05, 3.63) is 39.9 Å². The van der Waals surface area contributed by atoms with Gasteiger partial charge in [0.2, 0.25) is 0 Å². The third-order valence-electron chi connectivity index (χ3n) is 2.39. The molecule has 7 nitrogen and oxygen atoms in total. The summed E-state index contributed by atoms with van der Waals surface area (Å²) in [5.41, 5.74) is 0.832. The lowest BCUT2D eigenvalue weighted by atomic mass is 10.1. The highest BCUT2D eigenvalue weighted by Gasteiger charge is 2.17. The van der Waals surface area contributed by atoms with Crippen LogP contribution in [0.3, 0.4) is 0 Å². The van der Waals surface area contributed by atoms with Crippen LogP contribution in [0.4, 0.5) is 5.69 Å². The third-order valence-corrected chi connectivity index (χ3v) is 3.60. The van der Waals surface area contributed by atoms with Crippen molar-refractivity contribution in [2.75, 3.05) is 19.4 Å². The normalized spacial score (nSPS) is 14.0. The molecular weight excluding hydrogens is 271 g/mol. The van der Waals surface area contributed by atoms with Crippen molar-refractivity contribution >= 4 is 13.3 Å². The van der Waals surface area contributed by atoms with Crippen LogP contribution in [-0.2, 0) is 15.5 Å². The van der Waals surface area contributed by atoms with E-state index in [0.29, 0.717) is 13.0 Å². The molecule has 0 aliphatic carbocycles. The second kappa shape index (κ2) is 7.35. The van der Waals surface area contributed by atoms with Crippen LogP contribution < -0.4 is 5.32 Å². The molecule has 0 spiro atoms. The molecule has 0 bridgehead atoms. The number of nitrogens with zero attached hydrogens (tertiary/aromatic N) is 1. The summed E-state index contributed by atoms with van der Waals surface area (Å²) in [6, 6.07) is 6.00. The number of nitro benzene ring substituents is 1. The van der Waals surface area contributed by atoms with E-state index in [2.05, 4.69) is 5.32 Å². The van der Waals surface area contributed by atoms with Crippen LogP contribution in [0.2, 0.25) is 0 Å². The third kappa shape index (κ3) is 5.94. The Morgan fingerprint density at radius 3 is 2.58 bits per heavy atom. The number of rotatable bonds is 8. The van der Waals surface area contributed by atoms with Crippen LogP contribution >= 0.6 is 7.60 Å². The van der Waals surface area contributed by atoms with Crippen LogP contribution in [0.15, 0.2) is 24.3 Å². The van der Waals surface area contributed by atoms with E-state index in [9.17, 15) is 19.6 Å². The van der Waals surface area contributed by atoms with Crippen molar-refractivity contribution in [3.8, 4) is 0 Å². The Balaban J connectivity index is 2.40. The van der Waals surface area contributed by atoms with E-state index >= 15 is 0 Å². The minimum atomic E-state index is -3.59. The lowest BCUT2D eigenvalue weighted by Gasteiger charge is -2.12. The van der Waals surface area contributed by atoms with Gasteiger partial charge in [-0.2, -0.15) is 0 Å². The van der Waals surface area contributed by atoms with E-state index in [0.717, 1.165) is 5.56 Å². The molecule has 0 fully saturated rings. The van der Waals surface area contributed by atoms with E-state index in [-0.39, 0.29) is 18.6 Å². The SMILES string of the molecule is CCNCP(=O)(O)OCCc1ccc([N+](=O)[O-])cc1. The summed E-state index contributed by atoms with van der Waals surface area (Å²) in [6.45, 7) is 2.52. The van der Waals surface area contributed by atoms with E-state index in [4.69, 9.17) is 4.52 Å². The standard InChI is InChI=1S/C11H17N2O5P/c1-2-12-9-19(16,17)18-8-7-10-3-5-11(6-4-10)13(14)15/h3-6,12H,2,7-9H2,1H3,(H,16,17). The van der Waals surface area contributed by atoms with Crippen LogP contribution in [0, 0.1) is 10.1 Å². The molecule has 0 aliphatic rings. The quantitative estimate of drug-likeness (QED) is 0.430. The second-order valence-corrected chi connectivity index (χ2v) is 5.76. The number of hydrogen-bond donors (Lipinski definition) is 2. The van der Waals surface area contributed by atoms with Crippen molar-refractivity contribution in [2.24, 2.45) is 0 Å². The maximum Gasteiger partial charge on any atom is 0.341 e. The van der Waals surface area contributed by atoms with Crippen molar-refractivity contribution in [2.45, 2.75) is 13.3 Å². The molecule has 1 unspecified atom stereocenters. The second-order valence-electron chi connectivity index (χ2n) is 3.91. The number of benzene rings is 1. The topological polar surface area (TPSA) is 102 Å². The summed E-state index contributed by atoms with van der Waals surface area (Å²) in [7, 11) is -3.59. The van der Waals surface area contributed by atoms with Gasteiger partial charge in [-0.15, -0.1) is 0 Å². The van der Waals surface area contributed by atoms with E-state index in [1.54, 1.807) is 12.1 Å². The Hall–Kier alpha value is -1.27. The molecule has 0 saturated carbocycles. The highest BCUT2D eigenvalue weighted by atomic mass is 31.2. The Kier molecular flexibility index (Phi) is 6.11. The van der Waals surface area contributed by atoms with Crippen LogP contribution in [0.25, 0.3) is 0 Å². The Morgan fingerprint density at radius 1 is 1.42 bits per heavy atom. The van der Waals surface area contributed by atoms with Crippen LogP contribution in [-0.4, -0.2) is 29.3 Å². The summed E-state index contributed by atoms with van der Waals surface area (Å²) >= 11 is 0. The number of nitro groups is 1. The zero-order valence-corrected chi connectivity index (χ0v) is 11.5. The first-order valence-electron chi connectivity index (χ1n) is 5.85. The molecule has 8 heteroatoms. The van der Waals surface area contributed by atoms with Gasteiger partial charge in [-0.3, -0.25) is 14.7 Å². The highest BCUT2D eigenvalue weighted by Crippen LogP contribution is 2.40. The molecule has 1 rings (SSSR count). The molecule has 1 aromatic rings. The summed E-state index contributed by atoms with van der Waals surface area (Å²) in [5, 5.41) is 13.2. The fourth-order valence-corrected chi connectivity index (χ4v) is 2.36. The van der Waals surface area contributed by atoms with E-state index in [1.807, 2.05) is 6.92 Å². The van der Waals surface area contributed by atoms with Gasteiger partial charge in [-0.05, 0) is 18.5 Å². The molecule has 0 amide bonds. The van der Waals surface area contributed by atoms with Gasteiger partial charge in [0.15, 0.2) is 0 Å². The number of nitrogens with one attached hydrogen (secondary N) is 1. The van der Waals surface area contributed by atoms with Gasteiger partial charge in [-0.1, -0.05) is 19.1 Å². The predicted molar refractivity (Wildman–Crippen MR) is 71.1 cm³/mol. The van der Waals surface area contributed by atoms with Crippen LogP contribution in [0.5, 0.6) is 0 Å². The Labute approximate surface area is 111 Å². The molecule has 0 aromatic heterocycles. The van der Waals surface area contributed by atoms with Crippen LogP contribution in [0.1, 0.15) is 12.5 Å². The minimum Gasteiger partial charge on any atom is -0.323 e. The maximum atomic E-state index is 11.5. The lowest BCUT2D eigenvalue weighted by molar-refractivity contribution is -0.384. The molecule has 2 N–H and O–H groups in total. The summed E-state index contributed by atoms with van der Waals surface area (Å²) in [4.78, 5) is 19.4. The van der Waals surface area contributed by atoms with Gasteiger partial charge >= 0.3 is 7.60 Å². The van der Waals surface area contributed by atoms with Crippen molar-refractivity contribution in [3.63, 3.8) is 0 Å². The highest BCUT2D eigenvalue weighted by molar-refractivity contribution is 7.52. The molecule has 106 valence electrons. The molecule has 1 aromatic carbocycles. The molecule has 0 radical (unpaired) electrons. The van der Waals surface area contributed by atoms with Gasteiger partial charge in [0, 0.05) is 12.1 Å². The summed E-state index contributed by atoms with van der Waals surface area (Å²) in [5.74, 6) is 0. The fraction of sp³-hybridized carbons (Fsp3) is 0.455. The van der Waals surface area contributed by atoms with E-state index in [1.165, 1.54) is 12.1 Å². The average Bonchev–Trinajstić information content (AvgIpc) is 2.37. The molecule has 19 heavy (non-hydrogen) atoms. The Bertz CT molecular complexity index is 463. The van der Waals surface area contributed by atoms with Gasteiger partial charge in [0.05, 0.1) is 17.8 Å². The smallest absolute Gasteiger partial charge is 0.323 e. The first-order chi connectivity index (χ1) is 8.94. The first kappa shape index (κ1) is 15.8. The average molecular weight is 288 g/mol. The zero-order chi connectivity index (χ0) is 14.3. The number of hydrogen-bond acceptors (Lipinski definition) is 5.